The molecule has 1 aliphatic heterocycles. The van der Waals surface area contributed by atoms with Crippen LogP contribution in [-0.4, -0.2) is 35.6 Å². The van der Waals surface area contributed by atoms with Gasteiger partial charge in [0.15, 0.2) is 0 Å². The van der Waals surface area contributed by atoms with Crippen molar-refractivity contribution in [3.8, 4) is 34.1 Å². The minimum absolute atomic E-state index is 0.0793. The van der Waals surface area contributed by atoms with Crippen LogP contribution in [0.2, 0.25) is 0 Å². The Morgan fingerprint density at radius 3 is 2.47 bits per heavy atom. The lowest BCUT2D eigenvalue weighted by molar-refractivity contribution is -0.106. The number of pyridine rings is 1. The summed E-state index contributed by atoms with van der Waals surface area (Å²) in [6, 6.07) is 16.2. The molecular weight excluding hydrogens is 488 g/mol. The quantitative estimate of drug-likeness (QED) is 0.339. The number of aromatic hydroxyl groups is 1. The van der Waals surface area contributed by atoms with Crippen molar-refractivity contribution in [3.05, 3.63) is 78.0 Å². The molecule has 0 aliphatic carbocycles. The molecule has 5 rings (SSSR count). The van der Waals surface area contributed by atoms with Gasteiger partial charge in [-0.3, -0.25) is 9.78 Å². The van der Waals surface area contributed by atoms with Gasteiger partial charge >= 0.3 is 0 Å². The lowest BCUT2D eigenvalue weighted by Crippen LogP contribution is -2.46. The van der Waals surface area contributed by atoms with Crippen LogP contribution < -0.4 is 16.4 Å². The molecule has 5 N–H and O–H groups in total. The number of carbonyl (C=O) groups is 1. The maximum Gasteiger partial charge on any atom is 0.204 e. The number of halogens is 2. The zero-order valence-corrected chi connectivity index (χ0v) is 20.7. The molecule has 4 aromatic rings. The highest BCUT2D eigenvalue weighted by atomic mass is 19.1. The average Bonchev–Trinajstić information content (AvgIpc) is 2.89. The Bertz CT molecular complexity index is 1520. The lowest BCUT2D eigenvalue weighted by Gasteiger charge is -2.38. The number of piperidine rings is 1. The van der Waals surface area contributed by atoms with E-state index in [2.05, 4.69) is 22.5 Å². The molecule has 7 nitrogen and oxygen atoms in total. The summed E-state index contributed by atoms with van der Waals surface area (Å²) in [5.41, 5.74) is 14.4. The molecule has 1 unspecified atom stereocenters. The van der Waals surface area contributed by atoms with E-state index in [0.717, 1.165) is 23.6 Å². The van der Waals surface area contributed by atoms with E-state index in [0.29, 0.717) is 40.9 Å². The average molecular weight is 516 g/mol. The molecule has 0 radical (unpaired) electrons. The fraction of sp³-hybridized carbons (Fsp3) is 0.207. The molecule has 1 fully saturated rings. The Hall–Kier alpha value is -4.55. The predicted molar refractivity (Wildman–Crippen MR) is 143 cm³/mol. The first-order valence-corrected chi connectivity index (χ1v) is 12.0. The van der Waals surface area contributed by atoms with E-state index in [4.69, 9.17) is 10.5 Å². The molecule has 0 bridgehead atoms. The van der Waals surface area contributed by atoms with E-state index >= 15 is 0 Å². The van der Waals surface area contributed by atoms with Crippen molar-refractivity contribution in [3.63, 3.8) is 0 Å². The van der Waals surface area contributed by atoms with Gasteiger partial charge in [-0.15, -0.1) is 0 Å². The molecule has 2 atom stereocenters. The number of nitrogens with two attached hydrogens (primary N) is 2. The Morgan fingerprint density at radius 2 is 1.82 bits per heavy atom. The molecule has 2 heterocycles. The van der Waals surface area contributed by atoms with Crippen LogP contribution in [-0.2, 0) is 4.79 Å². The maximum absolute atomic E-state index is 14.2. The number of nitriles is 1. The van der Waals surface area contributed by atoms with Gasteiger partial charge in [0.25, 0.3) is 0 Å². The van der Waals surface area contributed by atoms with Crippen molar-refractivity contribution in [1.29, 1.82) is 5.26 Å². The monoisotopic (exact) mass is 515 g/mol. The summed E-state index contributed by atoms with van der Waals surface area (Å²) in [6.07, 6.45) is 2.69. The van der Waals surface area contributed by atoms with Crippen LogP contribution in [0.4, 0.5) is 14.5 Å². The van der Waals surface area contributed by atoms with E-state index in [1.165, 1.54) is 12.1 Å². The molecule has 194 valence electrons. The first-order chi connectivity index (χ1) is 18.3. The Balaban J connectivity index is 0.00000107. The zero-order valence-electron chi connectivity index (χ0n) is 20.7. The number of primary amides is 1. The third kappa shape index (κ3) is 5.26. The van der Waals surface area contributed by atoms with Crippen LogP contribution in [0.5, 0.6) is 5.75 Å². The molecule has 38 heavy (non-hydrogen) atoms. The number of anilines is 1. The number of hydrogen-bond acceptors (Lipinski definition) is 6. The molecule has 1 aromatic heterocycles. The Kier molecular flexibility index (Phi) is 7.84. The van der Waals surface area contributed by atoms with Crippen LogP contribution >= 0.6 is 0 Å². The summed E-state index contributed by atoms with van der Waals surface area (Å²) >= 11 is 0. The minimum atomic E-state index is -0.660. The summed E-state index contributed by atoms with van der Waals surface area (Å²) in [4.78, 5) is 15.4. The van der Waals surface area contributed by atoms with Crippen molar-refractivity contribution in [1.82, 2.24) is 4.98 Å². The highest BCUT2D eigenvalue weighted by molar-refractivity contribution is 6.02. The number of fused-ring (bicyclic) bond motifs is 1. The summed E-state index contributed by atoms with van der Waals surface area (Å²) in [7, 11) is 0. The highest BCUT2D eigenvalue weighted by Gasteiger charge is 2.27. The Morgan fingerprint density at radius 1 is 1.11 bits per heavy atom. The molecule has 1 amide bonds. The number of phenolic OH excluding ortho intramolecular Hbond substituents is 1. The molecule has 1 saturated heterocycles. The van der Waals surface area contributed by atoms with Gasteiger partial charge in [0.1, 0.15) is 23.5 Å². The van der Waals surface area contributed by atoms with Gasteiger partial charge in [0.2, 0.25) is 6.41 Å². The second kappa shape index (κ2) is 11.2. The summed E-state index contributed by atoms with van der Waals surface area (Å²) in [5, 5.41) is 20.8. The molecule has 0 spiro atoms. The Labute approximate surface area is 218 Å². The number of nitrogens with zero attached hydrogens (tertiary/aromatic N) is 3. The number of benzene rings is 3. The fourth-order valence-corrected chi connectivity index (χ4v) is 4.84. The smallest absolute Gasteiger partial charge is 0.204 e. The molecular formula is C29H27F2N5O2. The van der Waals surface area contributed by atoms with Crippen molar-refractivity contribution >= 4 is 23.0 Å². The van der Waals surface area contributed by atoms with Crippen LogP contribution in [0, 0.1) is 28.9 Å². The summed E-state index contributed by atoms with van der Waals surface area (Å²) < 4.78 is 28.3. The van der Waals surface area contributed by atoms with Gasteiger partial charge in [0.05, 0.1) is 16.8 Å². The fourth-order valence-electron chi connectivity index (χ4n) is 4.84. The predicted octanol–water partition coefficient (Wildman–Crippen LogP) is 4.70. The first-order valence-electron chi connectivity index (χ1n) is 12.0. The van der Waals surface area contributed by atoms with Gasteiger partial charge in [-0.2, -0.15) is 5.26 Å². The zero-order chi connectivity index (χ0) is 27.4. The van der Waals surface area contributed by atoms with Crippen LogP contribution in [0.15, 0.2) is 60.8 Å². The first kappa shape index (κ1) is 26.5. The van der Waals surface area contributed by atoms with Crippen LogP contribution in [0.1, 0.15) is 18.9 Å². The van der Waals surface area contributed by atoms with Gasteiger partial charge in [-0.25, -0.2) is 8.78 Å². The van der Waals surface area contributed by atoms with Crippen LogP contribution in [0.25, 0.3) is 33.2 Å². The second-order valence-electron chi connectivity index (χ2n) is 9.24. The van der Waals surface area contributed by atoms with Crippen molar-refractivity contribution < 1.29 is 18.7 Å². The largest absolute Gasteiger partial charge is 0.506 e. The maximum atomic E-state index is 14.2. The molecule has 1 aliphatic rings. The lowest BCUT2D eigenvalue weighted by atomic mass is 9.92. The van der Waals surface area contributed by atoms with E-state index in [-0.39, 0.29) is 29.7 Å². The number of amides is 1. The van der Waals surface area contributed by atoms with E-state index in [9.17, 15) is 19.1 Å². The van der Waals surface area contributed by atoms with Crippen LogP contribution in [0.3, 0.4) is 0 Å². The van der Waals surface area contributed by atoms with E-state index in [1.54, 1.807) is 24.4 Å². The number of hydrogen-bond donors (Lipinski definition) is 3. The molecule has 9 heteroatoms. The summed E-state index contributed by atoms with van der Waals surface area (Å²) in [5.74, 6) is -1.19. The topological polar surface area (TPSA) is 129 Å². The highest BCUT2D eigenvalue weighted by Crippen LogP contribution is 2.41. The summed E-state index contributed by atoms with van der Waals surface area (Å²) in [6.45, 7) is 3.47. The standard InChI is InChI=1S/C28H24F2N4O.CH3NO/c1-16-15-34(8-7-25(16)32)27-23-11-17(22-4-2-3-18(13-31)28(22)35)5-6-26(23)33-14-24(27)19-9-20(29)12-21(30)10-19;2-1-3/h2-6,9-12,14,16,25,35H,7-8,15,32H2,1H3;1H,(H2,2,3)/t16?,25-;/m1./s1. The molecule has 3 aromatic carbocycles. The van der Waals surface area contributed by atoms with E-state index < -0.39 is 11.6 Å². The minimum Gasteiger partial charge on any atom is -0.506 e. The van der Waals surface area contributed by atoms with Gasteiger partial charge < -0.3 is 21.5 Å². The number of carbonyl (C=O) groups excluding carboxylic acids is 1. The van der Waals surface area contributed by atoms with Gasteiger partial charge in [-0.1, -0.05) is 25.1 Å². The van der Waals surface area contributed by atoms with Gasteiger partial charge in [0, 0.05) is 47.9 Å². The van der Waals surface area contributed by atoms with E-state index in [1.807, 2.05) is 24.3 Å². The number of phenols is 1. The number of aromatic nitrogens is 1. The molecule has 0 saturated carbocycles. The second-order valence-corrected chi connectivity index (χ2v) is 9.24. The van der Waals surface area contributed by atoms with Crippen molar-refractivity contribution in [2.45, 2.75) is 19.4 Å². The van der Waals surface area contributed by atoms with Gasteiger partial charge in [-0.05, 0) is 53.8 Å². The third-order valence-corrected chi connectivity index (χ3v) is 6.77. The number of rotatable bonds is 3. The van der Waals surface area contributed by atoms with Crippen molar-refractivity contribution in [2.24, 2.45) is 17.4 Å². The SMILES string of the molecule is CC1CN(c2c(-c3cc(F)cc(F)c3)cnc3ccc(-c4cccc(C#N)c4O)cc23)CC[C@H]1N.NC=O. The third-order valence-electron chi connectivity index (χ3n) is 6.77. The normalized spacial score (nSPS) is 16.9. The number of para-hydroxylation sites is 1. The van der Waals surface area contributed by atoms with Crippen molar-refractivity contribution in [2.75, 3.05) is 18.0 Å².